The van der Waals surface area contributed by atoms with Crippen molar-refractivity contribution in [1.82, 2.24) is 0 Å². The van der Waals surface area contributed by atoms with Crippen LogP contribution in [0.15, 0.2) is 35.5 Å². The minimum Gasteiger partial charge on any atom is -0.393 e. The van der Waals surface area contributed by atoms with E-state index in [9.17, 15) is 15.3 Å². The lowest BCUT2D eigenvalue weighted by molar-refractivity contribution is -0.0110. The molecule has 3 heteroatoms. The number of fused-ring (bicyclic) bond motifs is 1. The van der Waals surface area contributed by atoms with Gasteiger partial charge in [-0.05, 0) is 74.7 Å². The second kappa shape index (κ2) is 6.78. The molecule has 0 amide bonds. The predicted molar refractivity (Wildman–Crippen MR) is 96.4 cm³/mol. The van der Waals surface area contributed by atoms with Crippen LogP contribution in [0.4, 0.5) is 0 Å². The van der Waals surface area contributed by atoms with Crippen LogP contribution < -0.4 is 0 Å². The van der Waals surface area contributed by atoms with Gasteiger partial charge in [0.15, 0.2) is 0 Å². The lowest BCUT2D eigenvalue weighted by Gasteiger charge is -2.45. The van der Waals surface area contributed by atoms with Crippen molar-refractivity contribution < 1.29 is 15.3 Å². The maximum atomic E-state index is 10.4. The monoisotopic (exact) mass is 332 g/mol. The minimum atomic E-state index is -0.324. The Morgan fingerprint density at radius 3 is 2.58 bits per heavy atom. The molecule has 0 aromatic heterocycles. The lowest BCUT2D eigenvalue weighted by Crippen LogP contribution is -2.42. The van der Waals surface area contributed by atoms with Crippen LogP contribution in [0.1, 0.15) is 58.8 Å². The third kappa shape index (κ3) is 3.26. The van der Waals surface area contributed by atoms with E-state index in [-0.39, 0.29) is 29.6 Å². The number of allylic oxidation sites excluding steroid dienone is 3. The van der Waals surface area contributed by atoms with Crippen LogP contribution in [0.2, 0.25) is 0 Å². The molecule has 3 N–H and O–H groups in total. The van der Waals surface area contributed by atoms with E-state index in [1.165, 1.54) is 5.57 Å². The highest BCUT2D eigenvalue weighted by Gasteiger charge is 2.52. The quantitative estimate of drug-likeness (QED) is 0.725. The van der Waals surface area contributed by atoms with Gasteiger partial charge in [0.25, 0.3) is 0 Å². The number of rotatable bonds is 2. The van der Waals surface area contributed by atoms with Gasteiger partial charge in [0.1, 0.15) is 0 Å². The molecule has 3 rings (SSSR count). The van der Waals surface area contributed by atoms with Crippen LogP contribution in [0, 0.1) is 17.3 Å². The van der Waals surface area contributed by atoms with Crippen molar-refractivity contribution in [2.24, 2.45) is 17.3 Å². The van der Waals surface area contributed by atoms with Crippen molar-refractivity contribution >= 4 is 0 Å². The summed E-state index contributed by atoms with van der Waals surface area (Å²) in [6.07, 6.45) is 9.39. The summed E-state index contributed by atoms with van der Waals surface area (Å²) in [5.41, 5.74) is 3.57. The smallest absolute Gasteiger partial charge is 0.0583 e. The Bertz CT molecular complexity index is 559. The topological polar surface area (TPSA) is 60.7 Å². The summed E-state index contributed by atoms with van der Waals surface area (Å²) >= 11 is 0. The van der Waals surface area contributed by atoms with E-state index in [1.807, 2.05) is 6.92 Å². The summed E-state index contributed by atoms with van der Waals surface area (Å²) in [6.45, 7) is 8.26. The molecule has 0 heterocycles. The average Bonchev–Trinajstić information content (AvgIpc) is 2.84. The first-order valence-corrected chi connectivity index (χ1v) is 9.43. The zero-order chi connectivity index (χ0) is 17.5. The van der Waals surface area contributed by atoms with Crippen molar-refractivity contribution in [1.29, 1.82) is 0 Å². The third-order valence-electron chi connectivity index (χ3n) is 6.77. The molecule has 3 fully saturated rings. The van der Waals surface area contributed by atoms with Gasteiger partial charge in [-0.3, -0.25) is 0 Å². The highest BCUT2D eigenvalue weighted by Crippen LogP contribution is 2.58. The molecule has 24 heavy (non-hydrogen) atoms. The van der Waals surface area contributed by atoms with Crippen LogP contribution in [0.5, 0.6) is 0 Å². The molecule has 0 aliphatic heterocycles. The van der Waals surface area contributed by atoms with Crippen molar-refractivity contribution in [3.05, 3.63) is 35.5 Å². The number of hydrogen-bond donors (Lipinski definition) is 3. The van der Waals surface area contributed by atoms with Gasteiger partial charge in [0, 0.05) is 0 Å². The number of aliphatic hydroxyl groups is 3. The van der Waals surface area contributed by atoms with Crippen molar-refractivity contribution in [2.75, 3.05) is 0 Å². The van der Waals surface area contributed by atoms with E-state index in [0.717, 1.165) is 49.7 Å². The summed E-state index contributed by atoms with van der Waals surface area (Å²) in [4.78, 5) is 0. The summed E-state index contributed by atoms with van der Waals surface area (Å²) in [6, 6.07) is 0. The van der Waals surface area contributed by atoms with Gasteiger partial charge in [0.05, 0.1) is 18.3 Å². The first-order chi connectivity index (χ1) is 11.3. The average molecular weight is 332 g/mol. The molecule has 0 bridgehead atoms. The molecule has 6 atom stereocenters. The lowest BCUT2D eigenvalue weighted by atomic mass is 9.61. The van der Waals surface area contributed by atoms with Crippen LogP contribution in [0.25, 0.3) is 0 Å². The molecule has 0 saturated heterocycles. The van der Waals surface area contributed by atoms with Crippen LogP contribution in [0.3, 0.4) is 0 Å². The highest BCUT2D eigenvalue weighted by atomic mass is 16.3. The molecule has 3 saturated carbocycles. The zero-order valence-corrected chi connectivity index (χ0v) is 15.0. The van der Waals surface area contributed by atoms with Gasteiger partial charge in [-0.25, -0.2) is 0 Å². The second-order valence-electron chi connectivity index (χ2n) is 8.48. The first-order valence-electron chi connectivity index (χ1n) is 9.43. The van der Waals surface area contributed by atoms with E-state index in [2.05, 4.69) is 25.7 Å². The van der Waals surface area contributed by atoms with Crippen LogP contribution >= 0.6 is 0 Å². The SMILES string of the molecule is C=C1CC[C@@H](O)CC1=CC=C1C[C@H](O)C[C@]2(C)[C@@H]([C@H](C)O)CC[C@@H]12. The predicted octanol–water partition coefficient (Wildman–Crippen LogP) is 3.51. The summed E-state index contributed by atoms with van der Waals surface area (Å²) in [5, 5.41) is 30.5. The molecule has 0 unspecified atom stereocenters. The van der Waals surface area contributed by atoms with Crippen LogP contribution in [-0.2, 0) is 0 Å². The Kier molecular flexibility index (Phi) is 5.06. The fourth-order valence-corrected chi connectivity index (χ4v) is 5.53. The zero-order valence-electron chi connectivity index (χ0n) is 15.0. The summed E-state index contributed by atoms with van der Waals surface area (Å²) in [7, 11) is 0. The molecular formula is C21H32O3. The normalized spacial score (nSPS) is 44.8. The molecule has 0 spiro atoms. The number of hydrogen-bond acceptors (Lipinski definition) is 3. The third-order valence-corrected chi connectivity index (χ3v) is 6.77. The van der Waals surface area contributed by atoms with Gasteiger partial charge in [-0.15, -0.1) is 0 Å². The van der Waals surface area contributed by atoms with Crippen molar-refractivity contribution in [3.63, 3.8) is 0 Å². The fourth-order valence-electron chi connectivity index (χ4n) is 5.53. The molecule has 0 radical (unpaired) electrons. The standard InChI is InChI=1S/C21H32O3/c1-13-4-7-17(23)10-15(13)5-6-16-11-18(24)12-21(3)19(14(2)22)8-9-20(16)21/h5-6,14,17-20,22-24H,1,4,7-12H2,2-3H3/t14-,17+,18-,19+,20-,21+/m0/s1. The van der Waals surface area contributed by atoms with E-state index in [1.54, 1.807) is 0 Å². The Labute approximate surface area is 145 Å². The molecule has 0 aromatic carbocycles. The van der Waals surface area contributed by atoms with Crippen LogP contribution in [-0.4, -0.2) is 33.6 Å². The molecule has 0 aromatic rings. The molecule has 134 valence electrons. The molecule has 3 nitrogen and oxygen atoms in total. The van der Waals surface area contributed by atoms with Gasteiger partial charge < -0.3 is 15.3 Å². The molecule has 3 aliphatic carbocycles. The Morgan fingerprint density at radius 1 is 1.12 bits per heavy atom. The van der Waals surface area contributed by atoms with Gasteiger partial charge in [-0.2, -0.15) is 0 Å². The highest BCUT2D eigenvalue weighted by molar-refractivity contribution is 5.36. The van der Waals surface area contributed by atoms with Gasteiger partial charge in [0.2, 0.25) is 0 Å². The summed E-state index contributed by atoms with van der Waals surface area (Å²) < 4.78 is 0. The maximum absolute atomic E-state index is 10.4. The first kappa shape index (κ1) is 17.9. The minimum absolute atomic E-state index is 0.0146. The molecule has 3 aliphatic rings. The van der Waals surface area contributed by atoms with Gasteiger partial charge >= 0.3 is 0 Å². The van der Waals surface area contributed by atoms with Crippen molar-refractivity contribution in [2.45, 2.75) is 77.1 Å². The molecular weight excluding hydrogens is 300 g/mol. The summed E-state index contributed by atoms with van der Waals surface area (Å²) in [5.74, 6) is 0.708. The Hall–Kier alpha value is -0.900. The van der Waals surface area contributed by atoms with Crippen molar-refractivity contribution in [3.8, 4) is 0 Å². The number of aliphatic hydroxyl groups excluding tert-OH is 3. The Balaban J connectivity index is 1.86. The van der Waals surface area contributed by atoms with Gasteiger partial charge in [-0.1, -0.05) is 36.8 Å². The van der Waals surface area contributed by atoms with E-state index >= 15 is 0 Å². The second-order valence-corrected chi connectivity index (χ2v) is 8.48. The van der Waals surface area contributed by atoms with E-state index in [0.29, 0.717) is 12.3 Å². The largest absolute Gasteiger partial charge is 0.393 e. The fraction of sp³-hybridized carbons (Fsp3) is 0.714. The maximum Gasteiger partial charge on any atom is 0.0583 e. The van der Waals surface area contributed by atoms with E-state index < -0.39 is 0 Å². The van der Waals surface area contributed by atoms with E-state index in [4.69, 9.17) is 0 Å². The Morgan fingerprint density at radius 2 is 1.88 bits per heavy atom.